The number of nitrogens with two attached hydrogens (primary N) is 1. The first-order chi connectivity index (χ1) is 8.24. The molecule has 0 spiro atoms. The average molecular weight is 294 g/mol. The zero-order valence-corrected chi connectivity index (χ0v) is 10.8. The minimum Gasteiger partial charge on any atom is -0.381 e. The van der Waals surface area contributed by atoms with Crippen LogP contribution in [0.15, 0.2) is 22.7 Å². The topological polar surface area (TPSA) is 61.0 Å². The summed E-state index contributed by atoms with van der Waals surface area (Å²) in [7, 11) is 0. The molecule has 17 heavy (non-hydrogen) atoms. The third-order valence-electron chi connectivity index (χ3n) is 3.02. The van der Waals surface area contributed by atoms with Gasteiger partial charge in [-0.3, -0.25) is 0 Å². The number of hydrogen-bond donors (Lipinski definition) is 1. The molecule has 4 nitrogen and oxygen atoms in total. The van der Waals surface area contributed by atoms with Gasteiger partial charge in [0.05, 0.1) is 17.8 Å². The molecule has 2 N–H and O–H groups in total. The second-order valence-corrected chi connectivity index (χ2v) is 5.10. The fraction of sp³-hybridized carbons (Fsp3) is 0.333. The molecule has 1 aromatic heterocycles. The highest BCUT2D eigenvalue weighted by molar-refractivity contribution is 9.10. The summed E-state index contributed by atoms with van der Waals surface area (Å²) in [5.41, 5.74) is 7.65. The van der Waals surface area contributed by atoms with Crippen LogP contribution in [0.1, 0.15) is 18.0 Å². The second kappa shape index (κ2) is 4.23. The molecule has 2 heterocycles. The van der Waals surface area contributed by atoms with E-state index >= 15 is 0 Å². The van der Waals surface area contributed by atoms with Crippen molar-refractivity contribution in [2.24, 2.45) is 0 Å². The van der Waals surface area contributed by atoms with Gasteiger partial charge in [0, 0.05) is 22.4 Å². The van der Waals surface area contributed by atoms with Crippen molar-refractivity contribution in [3.8, 4) is 0 Å². The van der Waals surface area contributed by atoms with Crippen LogP contribution in [0.5, 0.6) is 0 Å². The quantitative estimate of drug-likeness (QED) is 0.877. The summed E-state index contributed by atoms with van der Waals surface area (Å²) in [4.78, 5) is 8.64. The Morgan fingerprint density at radius 1 is 1.35 bits per heavy atom. The predicted molar refractivity (Wildman–Crippen MR) is 69.8 cm³/mol. The number of hydrogen-bond acceptors (Lipinski definition) is 4. The minimum absolute atomic E-state index is 0.331. The fourth-order valence-corrected chi connectivity index (χ4v) is 2.57. The van der Waals surface area contributed by atoms with Crippen LogP contribution in [0, 0.1) is 0 Å². The monoisotopic (exact) mass is 293 g/mol. The third-order valence-corrected chi connectivity index (χ3v) is 3.51. The van der Waals surface area contributed by atoms with Gasteiger partial charge in [-0.05, 0) is 24.6 Å². The minimum atomic E-state index is 0.331. The van der Waals surface area contributed by atoms with Gasteiger partial charge in [0.15, 0.2) is 0 Å². The summed E-state index contributed by atoms with van der Waals surface area (Å²) in [6.45, 7) is 1.52. The molecular weight excluding hydrogens is 282 g/mol. The predicted octanol–water partition coefficient (Wildman–Crippen LogP) is 2.48. The van der Waals surface area contributed by atoms with Crippen molar-refractivity contribution < 1.29 is 4.74 Å². The molecule has 1 aromatic carbocycles. The first-order valence-corrected chi connectivity index (χ1v) is 6.34. The van der Waals surface area contributed by atoms with Crippen molar-refractivity contribution in [3.63, 3.8) is 0 Å². The van der Waals surface area contributed by atoms with E-state index in [0.717, 1.165) is 40.7 Å². The number of aromatic nitrogens is 2. The maximum atomic E-state index is 5.76. The van der Waals surface area contributed by atoms with Crippen molar-refractivity contribution in [3.05, 3.63) is 28.4 Å². The Labute approximate surface area is 107 Å². The summed E-state index contributed by atoms with van der Waals surface area (Å²) in [5, 5.41) is 1.06. The highest BCUT2D eigenvalue weighted by Crippen LogP contribution is 2.31. The van der Waals surface area contributed by atoms with E-state index in [1.54, 1.807) is 0 Å². The molecule has 1 unspecified atom stereocenters. The number of halogens is 1. The first kappa shape index (κ1) is 10.9. The van der Waals surface area contributed by atoms with Crippen LogP contribution in [0.25, 0.3) is 10.9 Å². The Morgan fingerprint density at radius 2 is 2.24 bits per heavy atom. The maximum absolute atomic E-state index is 5.76. The molecule has 0 bridgehead atoms. The smallest absolute Gasteiger partial charge is 0.220 e. The van der Waals surface area contributed by atoms with Gasteiger partial charge in [0.2, 0.25) is 5.95 Å². The van der Waals surface area contributed by atoms with E-state index in [0.29, 0.717) is 11.9 Å². The molecule has 0 radical (unpaired) electrons. The lowest BCUT2D eigenvalue weighted by atomic mass is 10.0. The Hall–Kier alpha value is -1.20. The normalized spacial score (nSPS) is 19.9. The lowest BCUT2D eigenvalue weighted by Crippen LogP contribution is -2.06. The highest BCUT2D eigenvalue weighted by Gasteiger charge is 2.22. The summed E-state index contributed by atoms with van der Waals surface area (Å²) in [6.07, 6.45) is 0.998. The number of nitrogen functional groups attached to an aromatic ring is 1. The fourth-order valence-electron chi connectivity index (χ4n) is 2.20. The van der Waals surface area contributed by atoms with Crippen LogP contribution in [-0.4, -0.2) is 23.2 Å². The molecule has 2 aromatic rings. The van der Waals surface area contributed by atoms with E-state index in [4.69, 9.17) is 10.5 Å². The van der Waals surface area contributed by atoms with Gasteiger partial charge in [0.25, 0.3) is 0 Å². The Bertz CT molecular complexity index is 567. The van der Waals surface area contributed by atoms with Crippen molar-refractivity contribution in [2.45, 2.75) is 12.3 Å². The van der Waals surface area contributed by atoms with E-state index in [9.17, 15) is 0 Å². The average Bonchev–Trinajstić information content (AvgIpc) is 2.82. The maximum Gasteiger partial charge on any atom is 0.220 e. The zero-order valence-electron chi connectivity index (χ0n) is 9.19. The number of fused-ring (bicyclic) bond motifs is 1. The van der Waals surface area contributed by atoms with Crippen LogP contribution in [0.2, 0.25) is 0 Å². The van der Waals surface area contributed by atoms with Crippen LogP contribution in [-0.2, 0) is 4.74 Å². The number of nitrogens with zero attached hydrogens (tertiary/aromatic N) is 2. The summed E-state index contributed by atoms with van der Waals surface area (Å²) < 4.78 is 6.44. The van der Waals surface area contributed by atoms with Gasteiger partial charge in [-0.2, -0.15) is 0 Å². The Morgan fingerprint density at radius 3 is 3.00 bits per heavy atom. The van der Waals surface area contributed by atoms with Crippen LogP contribution >= 0.6 is 15.9 Å². The molecule has 3 rings (SSSR count). The summed E-state index contributed by atoms with van der Waals surface area (Å²) >= 11 is 3.48. The van der Waals surface area contributed by atoms with Crippen LogP contribution in [0.4, 0.5) is 5.95 Å². The van der Waals surface area contributed by atoms with Crippen molar-refractivity contribution in [1.29, 1.82) is 0 Å². The van der Waals surface area contributed by atoms with E-state index < -0.39 is 0 Å². The zero-order chi connectivity index (χ0) is 11.8. The van der Waals surface area contributed by atoms with Gasteiger partial charge in [-0.15, -0.1) is 0 Å². The van der Waals surface area contributed by atoms with Crippen LogP contribution in [0.3, 0.4) is 0 Å². The molecule has 0 amide bonds. The second-order valence-electron chi connectivity index (χ2n) is 4.19. The third kappa shape index (κ3) is 2.00. The highest BCUT2D eigenvalue weighted by atomic mass is 79.9. The number of anilines is 1. The largest absolute Gasteiger partial charge is 0.381 e. The standard InChI is InChI=1S/C12H12BrN3O/c13-8-1-2-10-9(5-8)11(16-12(14)15-10)7-3-4-17-6-7/h1-2,5,7H,3-4,6H2,(H2,14,15,16). The van der Waals surface area contributed by atoms with E-state index in [2.05, 4.69) is 25.9 Å². The van der Waals surface area contributed by atoms with E-state index in [1.165, 1.54) is 0 Å². The molecule has 0 saturated carbocycles. The lowest BCUT2D eigenvalue weighted by Gasteiger charge is -2.11. The molecule has 1 fully saturated rings. The van der Waals surface area contributed by atoms with Gasteiger partial charge >= 0.3 is 0 Å². The molecule has 0 aliphatic carbocycles. The van der Waals surface area contributed by atoms with Crippen molar-refractivity contribution in [1.82, 2.24) is 9.97 Å². The summed E-state index contributed by atoms with van der Waals surface area (Å²) in [5.74, 6) is 0.666. The summed E-state index contributed by atoms with van der Waals surface area (Å²) in [6, 6.07) is 5.96. The number of benzene rings is 1. The van der Waals surface area contributed by atoms with Gasteiger partial charge in [-0.25, -0.2) is 9.97 Å². The Balaban J connectivity index is 2.23. The SMILES string of the molecule is Nc1nc(C2CCOC2)c2cc(Br)ccc2n1. The molecule has 5 heteroatoms. The molecular formula is C12H12BrN3O. The first-order valence-electron chi connectivity index (χ1n) is 5.54. The molecule has 1 aliphatic heterocycles. The van der Waals surface area contributed by atoms with E-state index in [-0.39, 0.29) is 0 Å². The van der Waals surface area contributed by atoms with Crippen LogP contribution < -0.4 is 5.73 Å². The molecule has 88 valence electrons. The van der Waals surface area contributed by atoms with Gasteiger partial charge in [-0.1, -0.05) is 15.9 Å². The van der Waals surface area contributed by atoms with Gasteiger partial charge < -0.3 is 10.5 Å². The number of rotatable bonds is 1. The van der Waals surface area contributed by atoms with E-state index in [1.807, 2.05) is 18.2 Å². The van der Waals surface area contributed by atoms with Gasteiger partial charge in [0.1, 0.15) is 0 Å². The molecule has 1 saturated heterocycles. The van der Waals surface area contributed by atoms with Crippen molar-refractivity contribution >= 4 is 32.8 Å². The lowest BCUT2D eigenvalue weighted by molar-refractivity contribution is 0.193. The number of ether oxygens (including phenoxy) is 1. The van der Waals surface area contributed by atoms with Crippen molar-refractivity contribution in [2.75, 3.05) is 18.9 Å². The molecule has 1 aliphatic rings. The Kier molecular flexibility index (Phi) is 2.72. The molecule has 1 atom stereocenters.